The number of benzene rings is 1. The molecule has 0 spiro atoms. The number of aromatic nitrogens is 2. The van der Waals surface area contributed by atoms with Gasteiger partial charge in [-0.2, -0.15) is 0 Å². The summed E-state index contributed by atoms with van der Waals surface area (Å²) in [6.07, 6.45) is 3.28. The Kier molecular flexibility index (Phi) is 4.44. The molecule has 5 heteroatoms. The number of aromatic amines is 1. The molecule has 1 aliphatic rings. The molecule has 2 heterocycles. The Balaban J connectivity index is 1.59. The van der Waals surface area contributed by atoms with Gasteiger partial charge in [0.15, 0.2) is 0 Å². The molecular formula is C20H23N3OS. The smallest absolute Gasteiger partial charge is 0.259 e. The second kappa shape index (κ2) is 6.73. The van der Waals surface area contributed by atoms with Gasteiger partial charge in [-0.05, 0) is 43.9 Å². The van der Waals surface area contributed by atoms with E-state index >= 15 is 0 Å². The van der Waals surface area contributed by atoms with Crippen LogP contribution in [-0.4, -0.2) is 21.4 Å². The molecule has 0 amide bonds. The molecular weight excluding hydrogens is 330 g/mol. The van der Waals surface area contributed by atoms with Gasteiger partial charge >= 0.3 is 0 Å². The number of nitrogens with zero attached hydrogens (tertiary/aromatic N) is 2. The van der Waals surface area contributed by atoms with Gasteiger partial charge in [-0.1, -0.05) is 36.8 Å². The summed E-state index contributed by atoms with van der Waals surface area (Å²) in [6.45, 7) is 6.70. The van der Waals surface area contributed by atoms with Gasteiger partial charge in [0, 0.05) is 11.4 Å². The van der Waals surface area contributed by atoms with Crippen LogP contribution in [0.2, 0.25) is 0 Å². The van der Waals surface area contributed by atoms with E-state index in [4.69, 9.17) is 4.98 Å². The molecule has 1 aliphatic carbocycles. The Labute approximate surface area is 151 Å². The van der Waals surface area contributed by atoms with Gasteiger partial charge in [-0.25, -0.2) is 4.98 Å². The van der Waals surface area contributed by atoms with E-state index in [1.54, 1.807) is 11.3 Å². The van der Waals surface area contributed by atoms with E-state index < -0.39 is 0 Å². The monoisotopic (exact) mass is 353 g/mol. The summed E-state index contributed by atoms with van der Waals surface area (Å²) in [7, 11) is 0. The minimum atomic E-state index is 0.0333. The lowest BCUT2D eigenvalue weighted by Gasteiger charge is -2.20. The molecule has 3 aromatic rings. The maximum absolute atomic E-state index is 12.6. The zero-order valence-corrected chi connectivity index (χ0v) is 15.6. The number of hydrogen-bond acceptors (Lipinski definition) is 4. The second-order valence-electron chi connectivity index (χ2n) is 6.84. The molecule has 0 bridgehead atoms. The van der Waals surface area contributed by atoms with Gasteiger partial charge < -0.3 is 4.98 Å². The Bertz CT molecular complexity index is 973. The topological polar surface area (TPSA) is 49.0 Å². The zero-order valence-electron chi connectivity index (χ0n) is 14.8. The predicted molar refractivity (Wildman–Crippen MR) is 103 cm³/mol. The van der Waals surface area contributed by atoms with Crippen molar-refractivity contribution in [2.75, 3.05) is 6.54 Å². The molecule has 1 N–H and O–H groups in total. The summed E-state index contributed by atoms with van der Waals surface area (Å²) in [5.41, 5.74) is 3.84. The van der Waals surface area contributed by atoms with E-state index in [-0.39, 0.29) is 5.56 Å². The number of hydrogen-bond donors (Lipinski definition) is 1. The summed E-state index contributed by atoms with van der Waals surface area (Å²) >= 11 is 1.71. The third-order valence-corrected chi connectivity index (χ3v) is 6.12. The van der Waals surface area contributed by atoms with Gasteiger partial charge in [-0.3, -0.25) is 9.69 Å². The van der Waals surface area contributed by atoms with Crippen molar-refractivity contribution in [1.82, 2.24) is 14.9 Å². The number of H-pyrrole nitrogens is 1. The number of rotatable bonds is 5. The van der Waals surface area contributed by atoms with Crippen LogP contribution in [0.15, 0.2) is 29.1 Å². The molecule has 0 atom stereocenters. The average molecular weight is 353 g/mol. The van der Waals surface area contributed by atoms with Crippen molar-refractivity contribution in [1.29, 1.82) is 0 Å². The number of aryl methyl sites for hydroxylation is 3. The molecule has 0 saturated heterocycles. The summed E-state index contributed by atoms with van der Waals surface area (Å²) in [5, 5.41) is 0.836. The van der Waals surface area contributed by atoms with Crippen molar-refractivity contribution in [2.24, 2.45) is 0 Å². The highest BCUT2D eigenvalue weighted by molar-refractivity contribution is 7.18. The van der Waals surface area contributed by atoms with E-state index in [2.05, 4.69) is 48.0 Å². The maximum atomic E-state index is 12.6. The van der Waals surface area contributed by atoms with Crippen LogP contribution >= 0.6 is 11.3 Å². The second-order valence-corrected chi connectivity index (χ2v) is 7.93. The first-order chi connectivity index (χ1) is 12.1. The molecule has 0 saturated carbocycles. The highest BCUT2D eigenvalue weighted by Gasteiger charge is 2.21. The standard InChI is InChI=1S/C20H23N3OS/c1-3-23(11-14-7-4-6-13(2)10-14)12-17-21-19(24)18-15-8-5-9-16(15)25-20(18)22-17/h4,6-7,10H,3,5,8-9,11-12H2,1-2H3,(H,21,22,24). The van der Waals surface area contributed by atoms with Gasteiger partial charge in [0.25, 0.3) is 5.56 Å². The number of nitrogens with one attached hydrogen (secondary N) is 1. The Morgan fingerprint density at radius 1 is 1.28 bits per heavy atom. The number of fused-ring (bicyclic) bond motifs is 3. The van der Waals surface area contributed by atoms with Crippen LogP contribution in [0, 0.1) is 6.92 Å². The highest BCUT2D eigenvalue weighted by Crippen LogP contribution is 2.34. The summed E-state index contributed by atoms with van der Waals surface area (Å²) in [4.78, 5) is 25.0. The maximum Gasteiger partial charge on any atom is 0.259 e. The van der Waals surface area contributed by atoms with Crippen LogP contribution in [0.3, 0.4) is 0 Å². The first kappa shape index (κ1) is 16.5. The van der Waals surface area contributed by atoms with Crippen LogP contribution < -0.4 is 5.56 Å². The van der Waals surface area contributed by atoms with Gasteiger partial charge in [0.05, 0.1) is 11.9 Å². The Morgan fingerprint density at radius 2 is 2.16 bits per heavy atom. The third kappa shape index (κ3) is 3.26. The fourth-order valence-electron chi connectivity index (χ4n) is 3.68. The quantitative estimate of drug-likeness (QED) is 0.759. The predicted octanol–water partition coefficient (Wildman–Crippen LogP) is 3.80. The van der Waals surface area contributed by atoms with Gasteiger partial charge in [-0.15, -0.1) is 11.3 Å². The lowest BCUT2D eigenvalue weighted by Crippen LogP contribution is -2.25. The zero-order chi connectivity index (χ0) is 17.4. The first-order valence-corrected chi connectivity index (χ1v) is 9.77. The van der Waals surface area contributed by atoms with Gasteiger partial charge in [0.1, 0.15) is 10.7 Å². The molecule has 0 fully saturated rings. The fraction of sp³-hybridized carbons (Fsp3) is 0.400. The van der Waals surface area contributed by atoms with Crippen molar-refractivity contribution in [3.8, 4) is 0 Å². The minimum Gasteiger partial charge on any atom is -0.309 e. The molecule has 130 valence electrons. The SMILES string of the molecule is CCN(Cc1cccc(C)c1)Cc1nc2sc3c(c2c(=O)[nH]1)CCC3. The molecule has 4 nitrogen and oxygen atoms in total. The summed E-state index contributed by atoms with van der Waals surface area (Å²) in [5.74, 6) is 0.770. The highest BCUT2D eigenvalue weighted by atomic mass is 32.1. The van der Waals surface area contributed by atoms with Crippen LogP contribution in [0.1, 0.15) is 40.7 Å². The largest absolute Gasteiger partial charge is 0.309 e. The lowest BCUT2D eigenvalue weighted by atomic mass is 10.1. The molecule has 0 radical (unpaired) electrons. The first-order valence-electron chi connectivity index (χ1n) is 8.95. The molecule has 0 unspecified atom stereocenters. The number of thiophene rings is 1. The van der Waals surface area contributed by atoms with Crippen LogP contribution in [0.5, 0.6) is 0 Å². The molecule has 4 rings (SSSR count). The Hall–Kier alpha value is -1.98. The van der Waals surface area contributed by atoms with E-state index in [1.165, 1.54) is 28.0 Å². The van der Waals surface area contributed by atoms with E-state index in [9.17, 15) is 4.79 Å². The lowest BCUT2D eigenvalue weighted by molar-refractivity contribution is 0.264. The molecule has 2 aromatic heterocycles. The summed E-state index contributed by atoms with van der Waals surface area (Å²) in [6, 6.07) is 8.57. The van der Waals surface area contributed by atoms with Crippen molar-refractivity contribution >= 4 is 21.6 Å². The minimum absolute atomic E-state index is 0.0333. The Morgan fingerprint density at radius 3 is 2.96 bits per heavy atom. The van der Waals surface area contributed by atoms with Gasteiger partial charge in [0.2, 0.25) is 0 Å². The van der Waals surface area contributed by atoms with E-state index in [0.29, 0.717) is 6.54 Å². The summed E-state index contributed by atoms with van der Waals surface area (Å²) < 4.78 is 0. The normalized spacial score (nSPS) is 13.7. The van der Waals surface area contributed by atoms with Crippen molar-refractivity contribution in [3.05, 3.63) is 62.0 Å². The molecule has 25 heavy (non-hydrogen) atoms. The van der Waals surface area contributed by atoms with E-state index in [0.717, 1.165) is 42.0 Å². The van der Waals surface area contributed by atoms with Crippen molar-refractivity contribution in [2.45, 2.75) is 46.2 Å². The van der Waals surface area contributed by atoms with Crippen LogP contribution in [0.4, 0.5) is 0 Å². The fourth-order valence-corrected chi connectivity index (χ4v) is 4.96. The van der Waals surface area contributed by atoms with Crippen molar-refractivity contribution < 1.29 is 0 Å². The third-order valence-electron chi connectivity index (χ3n) is 4.93. The van der Waals surface area contributed by atoms with E-state index in [1.807, 2.05) is 0 Å². The molecule has 1 aromatic carbocycles. The molecule has 0 aliphatic heterocycles. The average Bonchev–Trinajstić information content (AvgIpc) is 3.14. The van der Waals surface area contributed by atoms with Crippen LogP contribution in [-0.2, 0) is 25.9 Å². The van der Waals surface area contributed by atoms with Crippen LogP contribution in [0.25, 0.3) is 10.2 Å². The van der Waals surface area contributed by atoms with Crippen molar-refractivity contribution in [3.63, 3.8) is 0 Å².